The molecule has 4 aromatic rings. The number of hydrazine groups is 1. The molecular formula is C25H21ClN4O3. The summed E-state index contributed by atoms with van der Waals surface area (Å²) < 4.78 is 0. The van der Waals surface area contributed by atoms with E-state index in [-0.39, 0.29) is 24.4 Å². The molecule has 0 saturated heterocycles. The average Bonchev–Trinajstić information content (AvgIpc) is 3.26. The molecule has 8 heteroatoms. The Hall–Kier alpha value is -4.10. The van der Waals surface area contributed by atoms with E-state index in [1.807, 2.05) is 60.7 Å². The Morgan fingerprint density at radius 2 is 1.42 bits per heavy atom. The normalized spacial score (nSPS) is 10.6. The van der Waals surface area contributed by atoms with Crippen molar-refractivity contribution < 1.29 is 14.4 Å². The van der Waals surface area contributed by atoms with Gasteiger partial charge >= 0.3 is 0 Å². The van der Waals surface area contributed by atoms with Crippen molar-refractivity contribution in [2.75, 3.05) is 4.90 Å². The standard InChI is InChI=1S/C25H21ClN4O3/c26-18-11-12-21-17(15-18)16-22(27-21)25(33)29-28-23(31)13-14-24(32)30(19-7-3-1-4-8-19)20-9-5-2-6-10-20/h1-12,15-16,27H,13-14H2,(H,28,31)(H,29,33). The zero-order valence-electron chi connectivity index (χ0n) is 17.5. The second-order valence-electron chi connectivity index (χ2n) is 7.32. The van der Waals surface area contributed by atoms with E-state index in [1.54, 1.807) is 29.2 Å². The third-order valence-electron chi connectivity index (χ3n) is 4.99. The molecule has 7 nitrogen and oxygen atoms in total. The summed E-state index contributed by atoms with van der Waals surface area (Å²) in [6, 6.07) is 25.3. The van der Waals surface area contributed by atoms with Crippen LogP contribution in [0.15, 0.2) is 84.9 Å². The molecule has 1 heterocycles. The quantitative estimate of drug-likeness (QED) is 0.363. The predicted molar refractivity (Wildman–Crippen MR) is 128 cm³/mol. The van der Waals surface area contributed by atoms with Gasteiger partial charge in [-0.05, 0) is 48.5 Å². The van der Waals surface area contributed by atoms with Crippen LogP contribution in [0.3, 0.4) is 0 Å². The first-order valence-electron chi connectivity index (χ1n) is 10.3. The number of amides is 3. The van der Waals surface area contributed by atoms with Crippen molar-refractivity contribution in [3.05, 3.63) is 95.6 Å². The van der Waals surface area contributed by atoms with Crippen molar-refractivity contribution in [2.45, 2.75) is 12.8 Å². The minimum atomic E-state index is -0.503. The number of nitrogens with one attached hydrogen (secondary N) is 3. The van der Waals surface area contributed by atoms with Crippen LogP contribution in [0.1, 0.15) is 23.3 Å². The molecule has 0 aliphatic rings. The smallest absolute Gasteiger partial charge is 0.286 e. The fourth-order valence-corrected chi connectivity index (χ4v) is 3.59. The molecule has 0 fully saturated rings. The maximum absolute atomic E-state index is 13.0. The van der Waals surface area contributed by atoms with Crippen molar-refractivity contribution >= 4 is 51.6 Å². The van der Waals surface area contributed by atoms with Crippen LogP contribution >= 0.6 is 11.6 Å². The Kier molecular flexibility index (Phi) is 6.71. The Morgan fingerprint density at radius 3 is 2.06 bits per heavy atom. The monoisotopic (exact) mass is 460 g/mol. The zero-order valence-corrected chi connectivity index (χ0v) is 18.3. The SMILES string of the molecule is O=C(CCC(=O)N(c1ccccc1)c1ccccc1)NNC(=O)c1cc2cc(Cl)ccc2[nH]1. The average molecular weight is 461 g/mol. The van der Waals surface area contributed by atoms with Crippen LogP contribution in [0.5, 0.6) is 0 Å². The van der Waals surface area contributed by atoms with Gasteiger partial charge in [-0.1, -0.05) is 48.0 Å². The number of H-pyrrole nitrogens is 1. The van der Waals surface area contributed by atoms with Gasteiger partial charge in [-0.2, -0.15) is 0 Å². The van der Waals surface area contributed by atoms with E-state index in [4.69, 9.17) is 11.6 Å². The summed E-state index contributed by atoms with van der Waals surface area (Å²) in [7, 11) is 0. The Labute approximate surface area is 195 Å². The van der Waals surface area contributed by atoms with E-state index < -0.39 is 11.8 Å². The molecule has 0 saturated carbocycles. The third-order valence-corrected chi connectivity index (χ3v) is 5.22. The molecule has 0 atom stereocenters. The molecule has 3 aromatic carbocycles. The maximum atomic E-state index is 13.0. The van der Waals surface area contributed by atoms with Crippen LogP contribution in [0.25, 0.3) is 10.9 Å². The lowest BCUT2D eigenvalue weighted by Crippen LogP contribution is -2.42. The van der Waals surface area contributed by atoms with Gasteiger partial charge < -0.3 is 4.98 Å². The van der Waals surface area contributed by atoms with Crippen molar-refractivity contribution in [1.82, 2.24) is 15.8 Å². The second kappa shape index (κ2) is 10.0. The lowest BCUT2D eigenvalue weighted by atomic mass is 10.2. The maximum Gasteiger partial charge on any atom is 0.286 e. The fraction of sp³-hybridized carbons (Fsp3) is 0.0800. The number of aromatic nitrogens is 1. The van der Waals surface area contributed by atoms with Crippen LogP contribution in [-0.2, 0) is 9.59 Å². The van der Waals surface area contributed by atoms with Gasteiger partial charge in [0.2, 0.25) is 11.8 Å². The summed E-state index contributed by atoms with van der Waals surface area (Å²) in [4.78, 5) is 42.1. The minimum Gasteiger partial charge on any atom is -0.350 e. The Bertz CT molecular complexity index is 1250. The summed E-state index contributed by atoms with van der Waals surface area (Å²) in [5.41, 5.74) is 7.17. The van der Waals surface area contributed by atoms with Gasteiger partial charge in [-0.15, -0.1) is 0 Å². The number of carbonyl (C=O) groups is 3. The number of carbonyl (C=O) groups excluding carboxylic acids is 3. The molecule has 0 aliphatic carbocycles. The lowest BCUT2D eigenvalue weighted by molar-refractivity contribution is -0.125. The Balaban J connectivity index is 1.35. The van der Waals surface area contributed by atoms with E-state index in [0.717, 1.165) is 10.9 Å². The molecule has 0 bridgehead atoms. The summed E-state index contributed by atoms with van der Waals surface area (Å²) in [5, 5.41) is 1.35. The molecule has 0 unspecified atom stereocenters. The number of para-hydroxylation sites is 2. The molecule has 3 amide bonds. The van der Waals surface area contributed by atoms with Gasteiger partial charge in [-0.3, -0.25) is 30.1 Å². The largest absolute Gasteiger partial charge is 0.350 e. The van der Waals surface area contributed by atoms with E-state index in [2.05, 4.69) is 15.8 Å². The second-order valence-corrected chi connectivity index (χ2v) is 7.75. The molecule has 0 aliphatic heterocycles. The molecule has 1 aromatic heterocycles. The van der Waals surface area contributed by atoms with Gasteiger partial charge in [0.15, 0.2) is 0 Å². The predicted octanol–water partition coefficient (Wildman–Crippen LogP) is 4.73. The van der Waals surface area contributed by atoms with Crippen molar-refractivity contribution in [3.63, 3.8) is 0 Å². The highest BCUT2D eigenvalue weighted by Gasteiger charge is 2.19. The number of hydrogen-bond acceptors (Lipinski definition) is 3. The van der Waals surface area contributed by atoms with E-state index in [0.29, 0.717) is 16.4 Å². The van der Waals surface area contributed by atoms with Crippen molar-refractivity contribution in [3.8, 4) is 0 Å². The van der Waals surface area contributed by atoms with Crippen molar-refractivity contribution in [2.24, 2.45) is 0 Å². The van der Waals surface area contributed by atoms with Crippen LogP contribution < -0.4 is 15.8 Å². The van der Waals surface area contributed by atoms with E-state index >= 15 is 0 Å². The van der Waals surface area contributed by atoms with Crippen LogP contribution in [0, 0.1) is 0 Å². The van der Waals surface area contributed by atoms with Crippen molar-refractivity contribution in [1.29, 1.82) is 0 Å². The number of rotatable bonds is 6. The molecule has 166 valence electrons. The number of benzene rings is 3. The van der Waals surface area contributed by atoms with E-state index in [1.165, 1.54) is 0 Å². The number of fused-ring (bicyclic) bond motifs is 1. The molecule has 33 heavy (non-hydrogen) atoms. The molecule has 3 N–H and O–H groups in total. The van der Waals surface area contributed by atoms with E-state index in [9.17, 15) is 14.4 Å². The highest BCUT2D eigenvalue weighted by atomic mass is 35.5. The summed E-state index contributed by atoms with van der Waals surface area (Å²) in [6.45, 7) is 0. The fourth-order valence-electron chi connectivity index (χ4n) is 3.41. The van der Waals surface area contributed by atoms with Gasteiger partial charge in [0.1, 0.15) is 5.69 Å². The number of aromatic amines is 1. The molecule has 0 spiro atoms. The zero-order chi connectivity index (χ0) is 23.2. The third kappa shape index (κ3) is 5.39. The highest BCUT2D eigenvalue weighted by molar-refractivity contribution is 6.31. The van der Waals surface area contributed by atoms with Gasteiger partial charge in [-0.25, -0.2) is 0 Å². The van der Waals surface area contributed by atoms with Gasteiger partial charge in [0.25, 0.3) is 5.91 Å². The first-order chi connectivity index (χ1) is 16.0. The number of nitrogens with zero attached hydrogens (tertiary/aromatic N) is 1. The Morgan fingerprint density at radius 1 is 0.788 bits per heavy atom. The first kappa shape index (κ1) is 22.1. The first-order valence-corrected chi connectivity index (χ1v) is 10.7. The van der Waals surface area contributed by atoms with Crippen LogP contribution in [0.4, 0.5) is 11.4 Å². The summed E-state index contributed by atoms with van der Waals surface area (Å²) in [6.07, 6.45) is -0.117. The van der Waals surface area contributed by atoms with Gasteiger partial charge in [0, 0.05) is 40.1 Å². The summed E-state index contributed by atoms with van der Waals surface area (Å²) in [5.74, 6) is -1.21. The van der Waals surface area contributed by atoms with Crippen LogP contribution in [-0.4, -0.2) is 22.7 Å². The highest BCUT2D eigenvalue weighted by Crippen LogP contribution is 2.26. The topological polar surface area (TPSA) is 94.3 Å². The molecule has 4 rings (SSSR count). The lowest BCUT2D eigenvalue weighted by Gasteiger charge is -2.23. The van der Waals surface area contributed by atoms with Gasteiger partial charge in [0.05, 0.1) is 0 Å². The number of hydrogen-bond donors (Lipinski definition) is 3. The summed E-state index contributed by atoms with van der Waals surface area (Å²) >= 11 is 5.97. The number of anilines is 2. The number of halogens is 1. The molecule has 0 radical (unpaired) electrons. The molecular weight excluding hydrogens is 440 g/mol. The minimum absolute atomic E-state index is 0.0314. The van der Waals surface area contributed by atoms with Crippen LogP contribution in [0.2, 0.25) is 5.02 Å².